The zero-order valence-corrected chi connectivity index (χ0v) is 13.9. The summed E-state index contributed by atoms with van der Waals surface area (Å²) in [6.07, 6.45) is 9.75. The van der Waals surface area contributed by atoms with Crippen molar-refractivity contribution >= 4 is 5.97 Å². The Hall–Kier alpha value is -0.650. The van der Waals surface area contributed by atoms with Gasteiger partial charge in [-0.25, -0.2) is 0 Å². The lowest BCUT2D eigenvalue weighted by molar-refractivity contribution is -0.142. The zero-order chi connectivity index (χ0) is 16.4. The molecule has 5 nitrogen and oxygen atoms in total. The number of unbranched alkanes of at least 4 members (excludes halogenated alkanes) is 7. The fraction of sp³-hybridized carbons (Fsp3) is 0.941. The second-order valence-corrected chi connectivity index (χ2v) is 6.61. The van der Waals surface area contributed by atoms with Crippen molar-refractivity contribution in [3.63, 3.8) is 0 Å². The quantitative estimate of drug-likeness (QED) is 0.482. The molecule has 0 radical (unpaired) electrons. The number of aliphatic carboxylic acids is 1. The van der Waals surface area contributed by atoms with E-state index in [4.69, 9.17) is 5.11 Å². The van der Waals surface area contributed by atoms with Gasteiger partial charge in [0.15, 0.2) is 0 Å². The van der Waals surface area contributed by atoms with Gasteiger partial charge in [0.25, 0.3) is 0 Å². The molecular weight excluding hydrogens is 282 g/mol. The predicted molar refractivity (Wildman–Crippen MR) is 86.9 cm³/mol. The van der Waals surface area contributed by atoms with E-state index in [0.717, 1.165) is 12.8 Å². The van der Waals surface area contributed by atoms with Gasteiger partial charge >= 0.3 is 5.97 Å². The van der Waals surface area contributed by atoms with Crippen LogP contribution in [0.25, 0.3) is 0 Å². The second-order valence-electron chi connectivity index (χ2n) is 6.61. The van der Waals surface area contributed by atoms with Crippen LogP contribution in [0.4, 0.5) is 0 Å². The lowest BCUT2D eigenvalue weighted by Crippen LogP contribution is -2.40. The number of carbonyl (C=O) groups is 1. The summed E-state index contributed by atoms with van der Waals surface area (Å²) in [4.78, 5) is 12.8. The first-order chi connectivity index (χ1) is 10.5. The Morgan fingerprint density at radius 2 is 1.73 bits per heavy atom. The molecule has 0 aromatic carbocycles. The van der Waals surface area contributed by atoms with Gasteiger partial charge < -0.3 is 15.3 Å². The summed E-state index contributed by atoms with van der Waals surface area (Å²) in [5, 5.41) is 28.7. The molecule has 0 aromatic heterocycles. The van der Waals surface area contributed by atoms with Crippen LogP contribution in [0, 0.1) is 0 Å². The third-order valence-corrected chi connectivity index (χ3v) is 4.50. The van der Waals surface area contributed by atoms with E-state index in [1.165, 1.54) is 38.5 Å². The molecule has 1 unspecified atom stereocenters. The summed E-state index contributed by atoms with van der Waals surface area (Å²) in [6, 6.07) is -0.650. The fourth-order valence-corrected chi connectivity index (χ4v) is 3.21. The SMILES string of the molecule is CCCCCCCCCCC(O)CN1C[C@H](O)C[C@H]1C(=O)O. The topological polar surface area (TPSA) is 81.0 Å². The van der Waals surface area contributed by atoms with Crippen molar-refractivity contribution in [3.05, 3.63) is 0 Å². The molecule has 0 saturated carbocycles. The third kappa shape index (κ3) is 7.56. The number of carboxylic acid groups (broad SMARTS) is 1. The van der Waals surface area contributed by atoms with Crippen LogP contribution in [-0.4, -0.2) is 57.5 Å². The molecule has 0 bridgehead atoms. The van der Waals surface area contributed by atoms with E-state index in [2.05, 4.69) is 6.92 Å². The van der Waals surface area contributed by atoms with Gasteiger partial charge in [-0.3, -0.25) is 9.69 Å². The minimum Gasteiger partial charge on any atom is -0.480 e. The Morgan fingerprint density at radius 1 is 1.14 bits per heavy atom. The molecule has 1 heterocycles. The van der Waals surface area contributed by atoms with Gasteiger partial charge in [-0.2, -0.15) is 0 Å². The number of β-amino-alcohol motifs (C(OH)–C–C–N with tert-alkyl or cyclic N) is 2. The van der Waals surface area contributed by atoms with E-state index in [1.54, 1.807) is 4.90 Å². The van der Waals surface area contributed by atoms with Gasteiger partial charge in [-0.1, -0.05) is 58.3 Å². The van der Waals surface area contributed by atoms with Gasteiger partial charge in [0.05, 0.1) is 12.2 Å². The first-order valence-corrected chi connectivity index (χ1v) is 8.87. The van der Waals surface area contributed by atoms with E-state index in [0.29, 0.717) is 19.5 Å². The fourth-order valence-electron chi connectivity index (χ4n) is 3.21. The maximum absolute atomic E-state index is 11.1. The summed E-state index contributed by atoms with van der Waals surface area (Å²) in [5.74, 6) is -0.907. The molecule has 1 aliphatic rings. The molecular formula is C17H33NO4. The molecule has 1 fully saturated rings. The highest BCUT2D eigenvalue weighted by atomic mass is 16.4. The van der Waals surface area contributed by atoms with E-state index in [-0.39, 0.29) is 6.42 Å². The lowest BCUT2D eigenvalue weighted by Gasteiger charge is -2.23. The first-order valence-electron chi connectivity index (χ1n) is 8.87. The number of hydrogen-bond donors (Lipinski definition) is 3. The van der Waals surface area contributed by atoms with Crippen molar-refractivity contribution < 1.29 is 20.1 Å². The summed E-state index contributed by atoms with van der Waals surface area (Å²) in [5.41, 5.74) is 0. The van der Waals surface area contributed by atoms with Gasteiger partial charge in [-0.15, -0.1) is 0 Å². The normalized spacial score (nSPS) is 23.8. The number of likely N-dealkylation sites (tertiary alicyclic amines) is 1. The van der Waals surface area contributed by atoms with Crippen molar-refractivity contribution in [2.75, 3.05) is 13.1 Å². The monoisotopic (exact) mass is 315 g/mol. The number of aliphatic hydroxyl groups excluding tert-OH is 2. The Kier molecular flexibility index (Phi) is 9.68. The number of carboxylic acids is 1. The van der Waals surface area contributed by atoms with Crippen molar-refractivity contribution in [1.29, 1.82) is 0 Å². The van der Waals surface area contributed by atoms with Crippen LogP contribution in [0.15, 0.2) is 0 Å². The number of nitrogens with zero attached hydrogens (tertiary/aromatic N) is 1. The molecule has 1 saturated heterocycles. The highest BCUT2D eigenvalue weighted by Gasteiger charge is 2.36. The van der Waals surface area contributed by atoms with Crippen LogP contribution >= 0.6 is 0 Å². The van der Waals surface area contributed by atoms with Crippen LogP contribution in [0.2, 0.25) is 0 Å². The summed E-state index contributed by atoms with van der Waals surface area (Å²) in [7, 11) is 0. The lowest BCUT2D eigenvalue weighted by atomic mass is 10.1. The Labute approximate surface area is 134 Å². The van der Waals surface area contributed by atoms with Gasteiger partial charge in [0, 0.05) is 19.5 Å². The van der Waals surface area contributed by atoms with Gasteiger partial charge in [0.2, 0.25) is 0 Å². The molecule has 0 aliphatic carbocycles. The summed E-state index contributed by atoms with van der Waals surface area (Å²) in [6.45, 7) is 2.92. The predicted octanol–water partition coefficient (Wildman–Crippen LogP) is 2.40. The zero-order valence-electron chi connectivity index (χ0n) is 13.9. The van der Waals surface area contributed by atoms with E-state index >= 15 is 0 Å². The molecule has 1 aliphatic heterocycles. The molecule has 0 amide bonds. The van der Waals surface area contributed by atoms with Crippen molar-refractivity contribution in [3.8, 4) is 0 Å². The van der Waals surface area contributed by atoms with Crippen LogP contribution < -0.4 is 0 Å². The molecule has 130 valence electrons. The van der Waals surface area contributed by atoms with Crippen LogP contribution in [0.1, 0.15) is 71.1 Å². The van der Waals surface area contributed by atoms with E-state index in [9.17, 15) is 15.0 Å². The second kappa shape index (κ2) is 11.0. The number of rotatable bonds is 12. The number of aliphatic hydroxyl groups is 2. The maximum atomic E-state index is 11.1. The molecule has 3 N–H and O–H groups in total. The molecule has 5 heteroatoms. The first kappa shape index (κ1) is 19.4. The van der Waals surface area contributed by atoms with Crippen LogP contribution in [-0.2, 0) is 4.79 Å². The van der Waals surface area contributed by atoms with E-state index in [1.807, 2.05) is 0 Å². The van der Waals surface area contributed by atoms with Crippen LogP contribution in [0.3, 0.4) is 0 Å². The molecule has 1 rings (SSSR count). The van der Waals surface area contributed by atoms with Gasteiger partial charge in [-0.05, 0) is 6.42 Å². The van der Waals surface area contributed by atoms with Crippen molar-refractivity contribution in [2.45, 2.75) is 89.4 Å². The standard InChI is InChI=1S/C17H33NO4/c1-2-3-4-5-6-7-8-9-10-14(19)12-18-13-15(20)11-16(18)17(21)22/h14-16,19-20H,2-13H2,1H3,(H,21,22)/t14?,15-,16+/m1/s1. The average Bonchev–Trinajstić information content (AvgIpc) is 2.82. The Balaban J connectivity index is 2.08. The minimum absolute atomic E-state index is 0.264. The highest BCUT2D eigenvalue weighted by Crippen LogP contribution is 2.19. The third-order valence-electron chi connectivity index (χ3n) is 4.50. The van der Waals surface area contributed by atoms with E-state index < -0.39 is 24.2 Å². The molecule has 0 spiro atoms. The largest absolute Gasteiger partial charge is 0.480 e. The summed E-state index contributed by atoms with van der Waals surface area (Å²) < 4.78 is 0. The molecule has 0 aromatic rings. The van der Waals surface area contributed by atoms with Gasteiger partial charge in [0.1, 0.15) is 6.04 Å². The number of hydrogen-bond acceptors (Lipinski definition) is 4. The minimum atomic E-state index is -0.907. The Morgan fingerprint density at radius 3 is 2.32 bits per heavy atom. The average molecular weight is 315 g/mol. The van der Waals surface area contributed by atoms with Crippen molar-refractivity contribution in [1.82, 2.24) is 4.90 Å². The highest BCUT2D eigenvalue weighted by molar-refractivity contribution is 5.74. The Bertz CT molecular complexity index is 311. The smallest absolute Gasteiger partial charge is 0.321 e. The summed E-state index contributed by atoms with van der Waals surface area (Å²) >= 11 is 0. The van der Waals surface area contributed by atoms with Crippen molar-refractivity contribution in [2.24, 2.45) is 0 Å². The molecule has 22 heavy (non-hydrogen) atoms. The molecule has 3 atom stereocenters. The maximum Gasteiger partial charge on any atom is 0.321 e. The van der Waals surface area contributed by atoms with Crippen LogP contribution in [0.5, 0.6) is 0 Å².